The van der Waals surface area contributed by atoms with E-state index < -0.39 is 0 Å². The van der Waals surface area contributed by atoms with Crippen molar-refractivity contribution in [2.75, 3.05) is 6.61 Å². The highest BCUT2D eigenvalue weighted by atomic mass is 16.5. The molecule has 0 spiro atoms. The number of pyridine rings is 2. The van der Waals surface area contributed by atoms with Gasteiger partial charge in [-0.2, -0.15) is 0 Å². The number of unbranched alkanes of at least 4 members (excludes halogenated alkanes) is 1. The Morgan fingerprint density at radius 3 is 2.33 bits per heavy atom. The van der Waals surface area contributed by atoms with E-state index in [1.807, 2.05) is 48.5 Å². The molecule has 3 heteroatoms. The average Bonchev–Trinajstić information content (AvgIpc) is 2.75. The van der Waals surface area contributed by atoms with Crippen LogP contribution in [0.15, 0.2) is 66.9 Å². The minimum atomic E-state index is 0.640. The second kappa shape index (κ2) is 9.86. The molecule has 0 fully saturated rings. The summed E-state index contributed by atoms with van der Waals surface area (Å²) >= 11 is 0. The molecule has 27 heavy (non-hydrogen) atoms. The summed E-state index contributed by atoms with van der Waals surface area (Å²) in [4.78, 5) is 9.15. The van der Waals surface area contributed by atoms with Gasteiger partial charge in [0, 0.05) is 11.8 Å². The molecule has 0 saturated carbocycles. The summed E-state index contributed by atoms with van der Waals surface area (Å²) in [6.07, 6.45) is 6.73. The van der Waals surface area contributed by atoms with Gasteiger partial charge in [-0.15, -0.1) is 0 Å². The normalized spacial score (nSPS) is 11.9. The zero-order valence-corrected chi connectivity index (χ0v) is 16.3. The van der Waals surface area contributed by atoms with Crippen molar-refractivity contribution < 1.29 is 4.74 Å². The molecule has 0 bridgehead atoms. The van der Waals surface area contributed by atoms with Gasteiger partial charge in [-0.25, -0.2) is 4.98 Å². The second-order valence-corrected chi connectivity index (χ2v) is 6.87. The molecule has 0 amide bonds. The second-order valence-electron chi connectivity index (χ2n) is 6.87. The predicted molar refractivity (Wildman–Crippen MR) is 112 cm³/mol. The van der Waals surface area contributed by atoms with E-state index in [4.69, 9.17) is 9.72 Å². The SMILES string of the molecule is CCCCC(CC)COc1ccc(-c2cccc(-c3ccccn3)n2)cc1. The first-order valence-electron chi connectivity index (χ1n) is 9.91. The minimum Gasteiger partial charge on any atom is -0.493 e. The summed E-state index contributed by atoms with van der Waals surface area (Å²) in [5.41, 5.74) is 3.80. The number of hydrogen-bond donors (Lipinski definition) is 0. The molecule has 1 unspecified atom stereocenters. The zero-order valence-electron chi connectivity index (χ0n) is 16.3. The number of benzene rings is 1. The lowest BCUT2D eigenvalue weighted by atomic mass is 10.0. The molecule has 140 valence electrons. The largest absolute Gasteiger partial charge is 0.493 e. The summed E-state index contributed by atoms with van der Waals surface area (Å²) in [6, 6.07) is 20.1. The summed E-state index contributed by atoms with van der Waals surface area (Å²) in [7, 11) is 0. The Hall–Kier alpha value is -2.68. The van der Waals surface area contributed by atoms with Crippen molar-refractivity contribution in [3.63, 3.8) is 0 Å². The summed E-state index contributed by atoms with van der Waals surface area (Å²) in [6.45, 7) is 5.28. The van der Waals surface area contributed by atoms with E-state index in [1.54, 1.807) is 6.20 Å². The Labute approximate surface area is 162 Å². The molecule has 0 radical (unpaired) electrons. The lowest BCUT2D eigenvalue weighted by Gasteiger charge is -2.15. The van der Waals surface area contributed by atoms with E-state index >= 15 is 0 Å². The predicted octanol–water partition coefficient (Wildman–Crippen LogP) is 6.41. The van der Waals surface area contributed by atoms with Crippen LogP contribution in [-0.2, 0) is 0 Å². The van der Waals surface area contributed by atoms with Crippen LogP contribution in [0.5, 0.6) is 5.75 Å². The van der Waals surface area contributed by atoms with Gasteiger partial charge in [0.25, 0.3) is 0 Å². The number of ether oxygens (including phenoxy) is 1. The highest BCUT2D eigenvalue weighted by Gasteiger charge is 2.08. The summed E-state index contributed by atoms with van der Waals surface area (Å²) in [5.74, 6) is 1.57. The number of hydrogen-bond acceptors (Lipinski definition) is 3. The van der Waals surface area contributed by atoms with Crippen molar-refractivity contribution in [3.8, 4) is 28.4 Å². The molecule has 0 aliphatic rings. The topological polar surface area (TPSA) is 35.0 Å². The van der Waals surface area contributed by atoms with Gasteiger partial charge in [-0.05, 0) is 60.9 Å². The van der Waals surface area contributed by atoms with Crippen molar-refractivity contribution in [1.29, 1.82) is 0 Å². The van der Waals surface area contributed by atoms with Crippen molar-refractivity contribution in [1.82, 2.24) is 9.97 Å². The minimum absolute atomic E-state index is 0.640. The van der Waals surface area contributed by atoms with Crippen LogP contribution in [0.4, 0.5) is 0 Å². The summed E-state index contributed by atoms with van der Waals surface area (Å²) < 4.78 is 6.01. The smallest absolute Gasteiger partial charge is 0.119 e. The Kier molecular flexibility index (Phi) is 6.97. The van der Waals surface area contributed by atoms with Crippen LogP contribution in [0.1, 0.15) is 39.5 Å². The lowest BCUT2D eigenvalue weighted by Crippen LogP contribution is -2.11. The van der Waals surface area contributed by atoms with Crippen LogP contribution in [0, 0.1) is 5.92 Å². The number of rotatable bonds is 9. The van der Waals surface area contributed by atoms with E-state index in [0.717, 1.165) is 35.0 Å². The van der Waals surface area contributed by atoms with E-state index in [9.17, 15) is 0 Å². The first-order valence-corrected chi connectivity index (χ1v) is 9.91. The van der Waals surface area contributed by atoms with E-state index in [1.165, 1.54) is 25.7 Å². The fraction of sp³-hybridized carbons (Fsp3) is 0.333. The third-order valence-corrected chi connectivity index (χ3v) is 4.86. The number of nitrogens with zero attached hydrogens (tertiary/aromatic N) is 2. The molecular weight excluding hydrogens is 332 g/mol. The van der Waals surface area contributed by atoms with Crippen molar-refractivity contribution in [2.24, 2.45) is 5.92 Å². The lowest BCUT2D eigenvalue weighted by molar-refractivity contribution is 0.233. The molecule has 0 saturated heterocycles. The molecule has 3 nitrogen and oxygen atoms in total. The fourth-order valence-electron chi connectivity index (χ4n) is 3.09. The highest BCUT2D eigenvalue weighted by molar-refractivity contribution is 5.64. The quantitative estimate of drug-likeness (QED) is 0.442. The Bertz CT molecular complexity index is 815. The third kappa shape index (κ3) is 5.40. The fourth-order valence-corrected chi connectivity index (χ4v) is 3.09. The average molecular weight is 361 g/mol. The monoisotopic (exact) mass is 360 g/mol. The van der Waals surface area contributed by atoms with E-state index in [-0.39, 0.29) is 0 Å². The molecular formula is C24H28N2O. The van der Waals surface area contributed by atoms with Crippen LogP contribution in [0.3, 0.4) is 0 Å². The third-order valence-electron chi connectivity index (χ3n) is 4.86. The Morgan fingerprint density at radius 2 is 1.63 bits per heavy atom. The van der Waals surface area contributed by atoms with Gasteiger partial charge in [0.2, 0.25) is 0 Å². The molecule has 3 rings (SSSR count). The first-order chi connectivity index (χ1) is 13.3. The van der Waals surface area contributed by atoms with Gasteiger partial charge in [-0.3, -0.25) is 4.98 Å². The van der Waals surface area contributed by atoms with E-state index in [0.29, 0.717) is 5.92 Å². The Morgan fingerprint density at radius 1 is 0.852 bits per heavy atom. The number of aromatic nitrogens is 2. The molecule has 0 N–H and O–H groups in total. The van der Waals surface area contributed by atoms with Gasteiger partial charge in [-0.1, -0.05) is 45.2 Å². The van der Waals surface area contributed by atoms with E-state index in [2.05, 4.69) is 31.0 Å². The standard InChI is InChI=1S/C24H28N2O/c1-3-5-9-19(4-2)18-27-21-15-13-20(14-16-21)22-11-8-12-24(26-22)23-10-6-7-17-25-23/h6-8,10-17,19H,3-5,9,18H2,1-2H3. The maximum Gasteiger partial charge on any atom is 0.119 e. The van der Waals surface area contributed by atoms with Gasteiger partial charge in [0.05, 0.1) is 23.7 Å². The van der Waals surface area contributed by atoms with Gasteiger partial charge >= 0.3 is 0 Å². The zero-order chi connectivity index (χ0) is 18.9. The van der Waals surface area contributed by atoms with Crippen LogP contribution in [-0.4, -0.2) is 16.6 Å². The highest BCUT2D eigenvalue weighted by Crippen LogP contribution is 2.24. The van der Waals surface area contributed by atoms with Crippen LogP contribution in [0.25, 0.3) is 22.6 Å². The molecule has 0 aliphatic heterocycles. The molecule has 2 aromatic heterocycles. The van der Waals surface area contributed by atoms with Crippen LogP contribution in [0.2, 0.25) is 0 Å². The van der Waals surface area contributed by atoms with Gasteiger partial charge in [0.1, 0.15) is 5.75 Å². The maximum atomic E-state index is 6.01. The van der Waals surface area contributed by atoms with Crippen molar-refractivity contribution >= 4 is 0 Å². The summed E-state index contributed by atoms with van der Waals surface area (Å²) in [5, 5.41) is 0. The van der Waals surface area contributed by atoms with Gasteiger partial charge in [0.15, 0.2) is 0 Å². The molecule has 2 heterocycles. The van der Waals surface area contributed by atoms with Gasteiger partial charge < -0.3 is 4.74 Å². The molecule has 0 aliphatic carbocycles. The van der Waals surface area contributed by atoms with Crippen molar-refractivity contribution in [2.45, 2.75) is 39.5 Å². The van der Waals surface area contributed by atoms with Crippen LogP contribution < -0.4 is 4.74 Å². The van der Waals surface area contributed by atoms with Crippen molar-refractivity contribution in [3.05, 3.63) is 66.9 Å². The molecule has 1 atom stereocenters. The Balaban J connectivity index is 1.67. The molecule has 3 aromatic rings. The van der Waals surface area contributed by atoms with Crippen LogP contribution >= 0.6 is 0 Å². The molecule has 1 aromatic carbocycles. The maximum absolute atomic E-state index is 6.01. The first kappa shape index (κ1) is 19.1.